The van der Waals surface area contributed by atoms with Crippen LogP contribution in [0.3, 0.4) is 0 Å². The summed E-state index contributed by atoms with van der Waals surface area (Å²) in [6.45, 7) is 4.02. The molecular formula is C11H12N2S. The molecule has 0 aliphatic heterocycles. The summed E-state index contributed by atoms with van der Waals surface area (Å²) in [5, 5.41) is 2.22. The maximum Gasteiger partial charge on any atom is 0.127 e. The predicted molar refractivity (Wildman–Crippen MR) is 60.8 cm³/mol. The fraction of sp³-hybridized carbons (Fsp3) is 0.273. The maximum atomic E-state index is 4.41. The van der Waals surface area contributed by atoms with Gasteiger partial charge in [0.1, 0.15) is 10.9 Å². The Kier molecular flexibility index (Phi) is 2.42. The summed E-state index contributed by atoms with van der Waals surface area (Å²) in [5.74, 6) is 0.839. The van der Waals surface area contributed by atoms with Crippen molar-refractivity contribution in [2.24, 2.45) is 0 Å². The van der Waals surface area contributed by atoms with Gasteiger partial charge < -0.3 is 0 Å². The fourth-order valence-electron chi connectivity index (χ4n) is 1.48. The molecule has 72 valence electrons. The fourth-order valence-corrected chi connectivity index (χ4v) is 2.09. The van der Waals surface area contributed by atoms with Gasteiger partial charge >= 0.3 is 0 Å². The number of thioether (sulfide) groups is 1. The van der Waals surface area contributed by atoms with Crippen molar-refractivity contribution in [3.05, 3.63) is 29.6 Å². The quantitative estimate of drug-likeness (QED) is 0.527. The second-order valence-corrected chi connectivity index (χ2v) is 4.10. The molecule has 14 heavy (non-hydrogen) atoms. The van der Waals surface area contributed by atoms with Crippen molar-refractivity contribution in [3.63, 3.8) is 0 Å². The molecule has 0 spiro atoms. The first kappa shape index (κ1) is 9.46. The van der Waals surface area contributed by atoms with Crippen LogP contribution in [-0.4, -0.2) is 16.2 Å². The van der Waals surface area contributed by atoms with E-state index in [1.54, 1.807) is 11.8 Å². The van der Waals surface area contributed by atoms with E-state index >= 15 is 0 Å². The van der Waals surface area contributed by atoms with Crippen LogP contribution < -0.4 is 0 Å². The largest absolute Gasteiger partial charge is 0.233 e. The van der Waals surface area contributed by atoms with Gasteiger partial charge in [-0.3, -0.25) is 0 Å². The summed E-state index contributed by atoms with van der Waals surface area (Å²) in [4.78, 5) is 8.81. The van der Waals surface area contributed by atoms with Crippen molar-refractivity contribution in [3.8, 4) is 0 Å². The highest BCUT2D eigenvalue weighted by molar-refractivity contribution is 7.98. The Balaban J connectivity index is 2.81. The van der Waals surface area contributed by atoms with E-state index in [1.807, 2.05) is 13.2 Å². The van der Waals surface area contributed by atoms with Gasteiger partial charge in [0.05, 0.1) is 5.52 Å². The molecule has 0 bridgehead atoms. The Hall–Kier alpha value is -1.09. The summed E-state index contributed by atoms with van der Waals surface area (Å²) >= 11 is 1.67. The van der Waals surface area contributed by atoms with Gasteiger partial charge in [-0.15, -0.1) is 11.8 Å². The highest BCUT2D eigenvalue weighted by Gasteiger charge is 2.04. The van der Waals surface area contributed by atoms with E-state index in [9.17, 15) is 0 Å². The van der Waals surface area contributed by atoms with Gasteiger partial charge in [-0.05, 0) is 32.2 Å². The number of benzene rings is 1. The van der Waals surface area contributed by atoms with Crippen LogP contribution in [0.5, 0.6) is 0 Å². The second kappa shape index (κ2) is 3.58. The van der Waals surface area contributed by atoms with E-state index in [0.29, 0.717) is 0 Å². The SMILES string of the molecule is CSc1nc(C)nc2ccc(C)cc12. The van der Waals surface area contributed by atoms with Gasteiger partial charge in [-0.25, -0.2) is 9.97 Å². The number of fused-ring (bicyclic) bond motifs is 1. The lowest BCUT2D eigenvalue weighted by Crippen LogP contribution is -1.92. The summed E-state index contributed by atoms with van der Waals surface area (Å²) < 4.78 is 0. The predicted octanol–water partition coefficient (Wildman–Crippen LogP) is 2.97. The summed E-state index contributed by atoms with van der Waals surface area (Å²) in [6, 6.07) is 6.28. The summed E-state index contributed by atoms with van der Waals surface area (Å²) in [7, 11) is 0. The normalized spacial score (nSPS) is 10.8. The monoisotopic (exact) mass is 204 g/mol. The van der Waals surface area contributed by atoms with Crippen molar-refractivity contribution in [1.29, 1.82) is 0 Å². The van der Waals surface area contributed by atoms with Crippen LogP contribution >= 0.6 is 11.8 Å². The molecule has 0 unspecified atom stereocenters. The van der Waals surface area contributed by atoms with Crippen molar-refractivity contribution in [2.75, 3.05) is 6.26 Å². The zero-order chi connectivity index (χ0) is 10.1. The first-order valence-electron chi connectivity index (χ1n) is 4.49. The second-order valence-electron chi connectivity index (χ2n) is 3.30. The highest BCUT2D eigenvalue weighted by atomic mass is 32.2. The highest BCUT2D eigenvalue weighted by Crippen LogP contribution is 2.24. The zero-order valence-electron chi connectivity index (χ0n) is 8.53. The van der Waals surface area contributed by atoms with Gasteiger partial charge in [0.2, 0.25) is 0 Å². The molecule has 2 aromatic rings. The smallest absolute Gasteiger partial charge is 0.127 e. The molecule has 0 aliphatic rings. The molecule has 0 radical (unpaired) electrons. The minimum absolute atomic E-state index is 0.839. The van der Waals surface area contributed by atoms with E-state index in [-0.39, 0.29) is 0 Å². The minimum Gasteiger partial charge on any atom is -0.233 e. The van der Waals surface area contributed by atoms with Crippen molar-refractivity contribution in [2.45, 2.75) is 18.9 Å². The number of rotatable bonds is 1. The number of hydrogen-bond acceptors (Lipinski definition) is 3. The van der Waals surface area contributed by atoms with Crippen LogP contribution in [-0.2, 0) is 0 Å². The Labute approximate surface area is 87.8 Å². The summed E-state index contributed by atoms with van der Waals surface area (Å²) in [5.41, 5.74) is 2.28. The Morgan fingerprint density at radius 2 is 1.93 bits per heavy atom. The molecule has 0 atom stereocenters. The van der Waals surface area contributed by atoms with E-state index < -0.39 is 0 Å². The molecule has 1 aromatic heterocycles. The summed E-state index contributed by atoms with van der Waals surface area (Å²) in [6.07, 6.45) is 2.05. The molecule has 0 saturated heterocycles. The van der Waals surface area contributed by atoms with Gasteiger partial charge in [0.25, 0.3) is 0 Å². The van der Waals surface area contributed by atoms with Crippen LogP contribution in [0, 0.1) is 13.8 Å². The first-order valence-corrected chi connectivity index (χ1v) is 5.72. The van der Waals surface area contributed by atoms with Crippen LogP contribution in [0.2, 0.25) is 0 Å². The first-order chi connectivity index (χ1) is 6.70. The number of aromatic nitrogens is 2. The third-order valence-corrected chi connectivity index (χ3v) is 2.82. The number of aryl methyl sites for hydroxylation is 2. The standard InChI is InChI=1S/C11H12N2S/c1-7-4-5-10-9(6-7)11(14-3)13-8(2)12-10/h4-6H,1-3H3. The molecule has 1 heterocycles. The molecule has 3 heteroatoms. The minimum atomic E-state index is 0.839. The molecule has 2 rings (SSSR count). The maximum absolute atomic E-state index is 4.41. The Morgan fingerprint density at radius 3 is 2.64 bits per heavy atom. The molecule has 0 amide bonds. The zero-order valence-corrected chi connectivity index (χ0v) is 9.35. The lowest BCUT2D eigenvalue weighted by atomic mass is 10.2. The van der Waals surface area contributed by atoms with E-state index in [0.717, 1.165) is 21.8 Å². The average Bonchev–Trinajstić information content (AvgIpc) is 2.17. The lowest BCUT2D eigenvalue weighted by molar-refractivity contribution is 1.01. The van der Waals surface area contributed by atoms with Gasteiger partial charge in [0, 0.05) is 5.39 Å². The lowest BCUT2D eigenvalue weighted by Gasteiger charge is -2.04. The molecule has 1 aromatic carbocycles. The molecule has 0 aliphatic carbocycles. The molecule has 0 fully saturated rings. The van der Waals surface area contributed by atoms with Crippen LogP contribution in [0.15, 0.2) is 23.2 Å². The Morgan fingerprint density at radius 1 is 1.14 bits per heavy atom. The molecular weight excluding hydrogens is 192 g/mol. The van der Waals surface area contributed by atoms with Crippen molar-refractivity contribution in [1.82, 2.24) is 9.97 Å². The van der Waals surface area contributed by atoms with Crippen molar-refractivity contribution < 1.29 is 0 Å². The van der Waals surface area contributed by atoms with Gasteiger partial charge in [-0.2, -0.15) is 0 Å². The number of hydrogen-bond donors (Lipinski definition) is 0. The molecule has 0 N–H and O–H groups in total. The topological polar surface area (TPSA) is 25.8 Å². The van der Waals surface area contributed by atoms with Gasteiger partial charge in [-0.1, -0.05) is 11.6 Å². The Bertz CT molecular complexity index is 480. The van der Waals surface area contributed by atoms with E-state index in [2.05, 4.69) is 35.1 Å². The average molecular weight is 204 g/mol. The van der Waals surface area contributed by atoms with Crippen LogP contribution in [0.4, 0.5) is 0 Å². The third-order valence-electron chi connectivity index (χ3n) is 2.12. The molecule has 2 nitrogen and oxygen atoms in total. The van der Waals surface area contributed by atoms with Gasteiger partial charge in [0.15, 0.2) is 0 Å². The number of nitrogens with zero attached hydrogens (tertiary/aromatic N) is 2. The van der Waals surface area contributed by atoms with Crippen LogP contribution in [0.1, 0.15) is 11.4 Å². The van der Waals surface area contributed by atoms with E-state index in [1.165, 1.54) is 5.56 Å². The third kappa shape index (κ3) is 1.60. The van der Waals surface area contributed by atoms with Crippen LogP contribution in [0.25, 0.3) is 10.9 Å². The van der Waals surface area contributed by atoms with Crippen molar-refractivity contribution >= 4 is 22.7 Å². The molecule has 0 saturated carbocycles. The van der Waals surface area contributed by atoms with E-state index in [4.69, 9.17) is 0 Å².